The fraction of sp³-hybridized carbons (Fsp3) is 0.471. The molecule has 0 aliphatic heterocycles. The van der Waals surface area contributed by atoms with Gasteiger partial charge in [0.15, 0.2) is 5.75 Å². The number of anilines is 1. The average molecular weight is 288 g/mol. The molecule has 1 amide bonds. The van der Waals surface area contributed by atoms with E-state index in [0.717, 1.165) is 6.42 Å². The van der Waals surface area contributed by atoms with Gasteiger partial charge in [-0.2, -0.15) is 0 Å². The van der Waals surface area contributed by atoms with Gasteiger partial charge in [0.25, 0.3) is 5.91 Å². The zero-order chi connectivity index (χ0) is 15.1. The minimum atomic E-state index is -0.123. The number of carbonyl (C=O) groups is 1. The number of amides is 1. The van der Waals surface area contributed by atoms with Crippen LogP contribution in [0, 0.1) is 0 Å². The van der Waals surface area contributed by atoms with Gasteiger partial charge in [0.1, 0.15) is 0 Å². The van der Waals surface area contributed by atoms with Gasteiger partial charge in [-0.25, -0.2) is 0 Å². The maximum Gasteiger partial charge on any atom is 0.255 e. The van der Waals surface area contributed by atoms with Crippen molar-refractivity contribution in [2.45, 2.75) is 39.0 Å². The van der Waals surface area contributed by atoms with Crippen LogP contribution in [0.2, 0.25) is 0 Å². The molecule has 114 valence electrons. The van der Waals surface area contributed by atoms with Gasteiger partial charge < -0.3 is 15.8 Å². The standard InChI is InChI=1S/C17H24N2O2/c1-2-21-16-14(9-6-10-15(16)18)17(20)19-12-11-13-7-4-3-5-8-13/h6-7,9-10H,2-5,8,11-12,18H2,1H3,(H,19,20). The Labute approximate surface area is 126 Å². The number of nitrogens with one attached hydrogen (secondary N) is 1. The Kier molecular flexibility index (Phi) is 5.67. The minimum Gasteiger partial charge on any atom is -0.491 e. The van der Waals surface area contributed by atoms with Crippen molar-refractivity contribution in [3.63, 3.8) is 0 Å². The number of allylic oxidation sites excluding steroid dienone is 1. The molecule has 1 aromatic carbocycles. The summed E-state index contributed by atoms with van der Waals surface area (Å²) in [7, 11) is 0. The smallest absolute Gasteiger partial charge is 0.255 e. The Balaban J connectivity index is 1.94. The molecule has 0 aromatic heterocycles. The zero-order valence-corrected chi connectivity index (χ0v) is 12.7. The predicted molar refractivity (Wildman–Crippen MR) is 85.5 cm³/mol. The van der Waals surface area contributed by atoms with E-state index in [0.29, 0.717) is 30.2 Å². The van der Waals surface area contributed by atoms with Crippen molar-refractivity contribution >= 4 is 11.6 Å². The Hall–Kier alpha value is -1.97. The van der Waals surface area contributed by atoms with Crippen molar-refractivity contribution in [3.8, 4) is 5.75 Å². The van der Waals surface area contributed by atoms with Gasteiger partial charge in [-0.1, -0.05) is 17.7 Å². The number of para-hydroxylation sites is 1. The second-order valence-corrected chi connectivity index (χ2v) is 5.27. The van der Waals surface area contributed by atoms with E-state index < -0.39 is 0 Å². The highest BCUT2D eigenvalue weighted by Crippen LogP contribution is 2.26. The van der Waals surface area contributed by atoms with Crippen molar-refractivity contribution in [3.05, 3.63) is 35.4 Å². The molecule has 0 fully saturated rings. The lowest BCUT2D eigenvalue weighted by atomic mass is 9.97. The summed E-state index contributed by atoms with van der Waals surface area (Å²) in [5, 5.41) is 2.96. The summed E-state index contributed by atoms with van der Waals surface area (Å²) in [6.45, 7) is 3.02. The molecule has 4 nitrogen and oxygen atoms in total. The van der Waals surface area contributed by atoms with Crippen LogP contribution in [0.5, 0.6) is 5.75 Å². The second kappa shape index (κ2) is 7.72. The molecule has 1 aliphatic rings. The molecule has 0 spiro atoms. The quantitative estimate of drug-likeness (QED) is 0.623. The first-order valence-electron chi connectivity index (χ1n) is 7.69. The van der Waals surface area contributed by atoms with E-state index in [1.807, 2.05) is 6.92 Å². The van der Waals surface area contributed by atoms with Gasteiger partial charge in [0, 0.05) is 6.54 Å². The van der Waals surface area contributed by atoms with Gasteiger partial charge in [0.05, 0.1) is 17.9 Å². The monoisotopic (exact) mass is 288 g/mol. The van der Waals surface area contributed by atoms with Crippen LogP contribution in [0.25, 0.3) is 0 Å². The molecule has 0 heterocycles. The third kappa shape index (κ3) is 4.25. The average Bonchev–Trinajstić information content (AvgIpc) is 2.50. The maximum atomic E-state index is 12.3. The van der Waals surface area contributed by atoms with Crippen LogP contribution in [-0.4, -0.2) is 19.1 Å². The number of hydrogen-bond acceptors (Lipinski definition) is 3. The summed E-state index contributed by atoms with van der Waals surface area (Å²) in [6, 6.07) is 5.27. The first kappa shape index (κ1) is 15.4. The van der Waals surface area contributed by atoms with Gasteiger partial charge in [-0.3, -0.25) is 4.79 Å². The summed E-state index contributed by atoms with van der Waals surface area (Å²) in [5.41, 5.74) is 8.34. The Morgan fingerprint density at radius 3 is 2.95 bits per heavy atom. The van der Waals surface area contributed by atoms with Crippen molar-refractivity contribution in [1.29, 1.82) is 0 Å². The molecule has 0 bridgehead atoms. The van der Waals surface area contributed by atoms with Gasteiger partial charge in [0.2, 0.25) is 0 Å². The van der Waals surface area contributed by atoms with E-state index in [9.17, 15) is 4.79 Å². The molecular weight excluding hydrogens is 264 g/mol. The highest BCUT2D eigenvalue weighted by Gasteiger charge is 2.14. The molecule has 0 radical (unpaired) electrons. The van der Waals surface area contributed by atoms with Gasteiger partial charge in [-0.15, -0.1) is 0 Å². The molecule has 3 N–H and O–H groups in total. The van der Waals surface area contributed by atoms with E-state index in [1.165, 1.54) is 31.3 Å². The summed E-state index contributed by atoms with van der Waals surface area (Å²) in [4.78, 5) is 12.3. The third-order valence-corrected chi connectivity index (χ3v) is 3.70. The van der Waals surface area contributed by atoms with Crippen LogP contribution in [0.4, 0.5) is 5.69 Å². The summed E-state index contributed by atoms with van der Waals surface area (Å²) in [6.07, 6.45) is 8.13. The van der Waals surface area contributed by atoms with Crippen LogP contribution in [-0.2, 0) is 0 Å². The van der Waals surface area contributed by atoms with E-state index in [4.69, 9.17) is 10.5 Å². The molecular formula is C17H24N2O2. The normalized spacial score (nSPS) is 14.4. The molecule has 1 aromatic rings. The summed E-state index contributed by atoms with van der Waals surface area (Å²) in [5.74, 6) is 0.358. The van der Waals surface area contributed by atoms with Crippen molar-refractivity contribution in [2.75, 3.05) is 18.9 Å². The number of carbonyl (C=O) groups excluding carboxylic acids is 1. The van der Waals surface area contributed by atoms with Gasteiger partial charge >= 0.3 is 0 Å². The minimum absolute atomic E-state index is 0.123. The number of hydrogen-bond donors (Lipinski definition) is 2. The first-order valence-corrected chi connectivity index (χ1v) is 7.69. The SMILES string of the molecule is CCOc1c(N)cccc1C(=O)NCCC1=CCCCC1. The molecule has 0 atom stereocenters. The Morgan fingerprint density at radius 2 is 2.24 bits per heavy atom. The molecule has 2 rings (SSSR count). The topological polar surface area (TPSA) is 64.3 Å². The van der Waals surface area contributed by atoms with E-state index in [-0.39, 0.29) is 5.91 Å². The van der Waals surface area contributed by atoms with Crippen molar-refractivity contribution < 1.29 is 9.53 Å². The van der Waals surface area contributed by atoms with Crippen molar-refractivity contribution in [1.82, 2.24) is 5.32 Å². The van der Waals surface area contributed by atoms with E-state index in [1.54, 1.807) is 18.2 Å². The third-order valence-electron chi connectivity index (χ3n) is 3.70. The predicted octanol–water partition coefficient (Wildman–Crippen LogP) is 3.29. The Morgan fingerprint density at radius 1 is 1.38 bits per heavy atom. The molecule has 0 unspecified atom stereocenters. The van der Waals surface area contributed by atoms with Gasteiger partial charge in [-0.05, 0) is 51.2 Å². The van der Waals surface area contributed by atoms with E-state index in [2.05, 4.69) is 11.4 Å². The lowest BCUT2D eigenvalue weighted by molar-refractivity contribution is 0.0950. The first-order chi connectivity index (χ1) is 10.2. The van der Waals surface area contributed by atoms with Crippen molar-refractivity contribution in [2.24, 2.45) is 0 Å². The number of benzene rings is 1. The lowest BCUT2D eigenvalue weighted by Crippen LogP contribution is -2.25. The molecule has 0 saturated carbocycles. The second-order valence-electron chi connectivity index (χ2n) is 5.27. The maximum absolute atomic E-state index is 12.3. The fourth-order valence-corrected chi connectivity index (χ4v) is 2.60. The zero-order valence-electron chi connectivity index (χ0n) is 12.7. The van der Waals surface area contributed by atoms with Crippen LogP contribution >= 0.6 is 0 Å². The lowest BCUT2D eigenvalue weighted by Gasteiger charge is -2.14. The number of rotatable bonds is 6. The van der Waals surface area contributed by atoms with Crippen LogP contribution in [0.3, 0.4) is 0 Å². The number of nitrogens with two attached hydrogens (primary N) is 1. The number of ether oxygens (including phenoxy) is 1. The highest BCUT2D eigenvalue weighted by atomic mass is 16.5. The largest absolute Gasteiger partial charge is 0.491 e. The van der Waals surface area contributed by atoms with E-state index >= 15 is 0 Å². The molecule has 0 saturated heterocycles. The molecule has 1 aliphatic carbocycles. The Bertz CT molecular complexity index is 524. The highest BCUT2D eigenvalue weighted by molar-refractivity contribution is 5.98. The fourth-order valence-electron chi connectivity index (χ4n) is 2.60. The summed E-state index contributed by atoms with van der Waals surface area (Å²) >= 11 is 0. The van der Waals surface area contributed by atoms with Crippen LogP contribution in [0.1, 0.15) is 49.4 Å². The summed E-state index contributed by atoms with van der Waals surface area (Å²) < 4.78 is 5.49. The molecule has 21 heavy (non-hydrogen) atoms. The van der Waals surface area contributed by atoms with Crippen LogP contribution in [0.15, 0.2) is 29.8 Å². The molecule has 4 heteroatoms. The van der Waals surface area contributed by atoms with Crippen LogP contribution < -0.4 is 15.8 Å². The number of nitrogen functional groups attached to an aromatic ring is 1.